The molecule has 0 aromatic rings. The lowest BCUT2D eigenvalue weighted by molar-refractivity contribution is -0.134. The quantitative estimate of drug-likeness (QED) is 0.346. The van der Waals surface area contributed by atoms with E-state index < -0.39 is 0 Å². The fourth-order valence-corrected chi connectivity index (χ4v) is 3.68. The largest absolute Gasteiger partial charge is 0.382 e. The summed E-state index contributed by atoms with van der Waals surface area (Å²) < 4.78 is 10.4. The monoisotopic (exact) mass is 368 g/mol. The van der Waals surface area contributed by atoms with E-state index in [-0.39, 0.29) is 5.92 Å². The molecule has 150 valence electrons. The average Bonchev–Trinajstić information content (AvgIpc) is 3.34. The van der Waals surface area contributed by atoms with Crippen molar-refractivity contribution >= 4 is 11.9 Å². The van der Waals surface area contributed by atoms with Crippen LogP contribution in [0.25, 0.3) is 0 Å². The maximum atomic E-state index is 12.5. The van der Waals surface area contributed by atoms with Gasteiger partial charge in [-0.1, -0.05) is 12.8 Å². The minimum absolute atomic E-state index is 0.275. The van der Waals surface area contributed by atoms with Crippen LogP contribution < -0.4 is 10.6 Å². The molecular weight excluding hydrogens is 332 g/mol. The van der Waals surface area contributed by atoms with Crippen molar-refractivity contribution < 1.29 is 14.3 Å². The maximum Gasteiger partial charge on any atom is 0.225 e. The molecule has 1 unspecified atom stereocenters. The van der Waals surface area contributed by atoms with E-state index in [1.165, 1.54) is 12.8 Å². The van der Waals surface area contributed by atoms with Crippen LogP contribution in [0.1, 0.15) is 44.9 Å². The molecule has 1 heterocycles. The number of methoxy groups -OCH3 is 1. The van der Waals surface area contributed by atoms with Gasteiger partial charge in [0.05, 0.1) is 13.2 Å². The van der Waals surface area contributed by atoms with Gasteiger partial charge in [-0.05, 0) is 32.1 Å². The second kappa shape index (κ2) is 12.1. The Labute approximate surface area is 157 Å². The van der Waals surface area contributed by atoms with Gasteiger partial charge in [-0.25, -0.2) is 0 Å². The Kier molecular flexibility index (Phi) is 9.77. The van der Waals surface area contributed by atoms with Crippen molar-refractivity contribution in [2.24, 2.45) is 10.9 Å². The van der Waals surface area contributed by atoms with Crippen molar-refractivity contribution in [3.05, 3.63) is 0 Å². The van der Waals surface area contributed by atoms with Gasteiger partial charge in [-0.15, -0.1) is 0 Å². The first kappa shape index (κ1) is 21.0. The number of nitrogens with zero attached hydrogens (tertiary/aromatic N) is 2. The molecule has 2 rings (SSSR count). The minimum Gasteiger partial charge on any atom is -0.382 e. The summed E-state index contributed by atoms with van der Waals surface area (Å²) in [5, 5.41) is 6.81. The summed E-state index contributed by atoms with van der Waals surface area (Å²) in [6.45, 7) is 4.59. The molecule has 1 saturated heterocycles. The number of aliphatic imine (C=N–C) groups is 1. The number of rotatable bonds is 10. The summed E-state index contributed by atoms with van der Waals surface area (Å²) in [5.74, 6) is 1.46. The molecule has 1 aliphatic heterocycles. The average molecular weight is 369 g/mol. The van der Waals surface area contributed by atoms with Gasteiger partial charge >= 0.3 is 0 Å². The molecule has 1 saturated carbocycles. The van der Waals surface area contributed by atoms with Gasteiger partial charge in [0.25, 0.3) is 0 Å². The Balaban J connectivity index is 1.57. The first-order chi connectivity index (χ1) is 12.7. The first-order valence-corrected chi connectivity index (χ1v) is 10.1. The molecule has 7 heteroatoms. The highest BCUT2D eigenvalue weighted by Crippen LogP contribution is 2.27. The van der Waals surface area contributed by atoms with Gasteiger partial charge < -0.3 is 25.0 Å². The Hall–Kier alpha value is -1.34. The van der Waals surface area contributed by atoms with Gasteiger partial charge in [0.1, 0.15) is 0 Å². The standard InChI is InChI=1S/C19H36N4O3/c1-20-19(21-10-5-6-12-26-14-13-25-2)22-17-9-11-23(15-17)18(24)16-7-3-4-8-16/h16-17H,3-15H2,1-2H3,(H2,20,21,22). The summed E-state index contributed by atoms with van der Waals surface area (Å²) in [4.78, 5) is 18.9. The Morgan fingerprint density at radius 1 is 1.15 bits per heavy atom. The van der Waals surface area contributed by atoms with Crippen LogP contribution in [0.15, 0.2) is 4.99 Å². The van der Waals surface area contributed by atoms with Crippen LogP contribution in [0.3, 0.4) is 0 Å². The molecule has 2 aliphatic rings. The molecule has 0 bridgehead atoms. The third-order valence-electron chi connectivity index (χ3n) is 5.21. The number of nitrogens with one attached hydrogen (secondary N) is 2. The van der Waals surface area contributed by atoms with E-state index in [1.54, 1.807) is 14.2 Å². The number of amides is 1. The minimum atomic E-state index is 0.275. The zero-order valence-electron chi connectivity index (χ0n) is 16.5. The molecule has 1 aliphatic carbocycles. The number of hydrogen-bond acceptors (Lipinski definition) is 4. The van der Waals surface area contributed by atoms with E-state index in [4.69, 9.17) is 9.47 Å². The number of ether oxygens (including phenoxy) is 2. The highest BCUT2D eigenvalue weighted by molar-refractivity contribution is 5.81. The molecule has 2 fully saturated rings. The molecule has 1 amide bonds. The van der Waals surface area contributed by atoms with Gasteiger partial charge in [0.2, 0.25) is 5.91 Å². The smallest absolute Gasteiger partial charge is 0.225 e. The number of guanidine groups is 1. The molecule has 0 radical (unpaired) electrons. The predicted octanol–water partition coefficient (Wildman–Crippen LogP) is 1.39. The molecule has 26 heavy (non-hydrogen) atoms. The topological polar surface area (TPSA) is 75.2 Å². The number of carbonyl (C=O) groups is 1. The summed E-state index contributed by atoms with van der Waals surface area (Å²) in [5.41, 5.74) is 0. The highest BCUT2D eigenvalue weighted by atomic mass is 16.5. The van der Waals surface area contributed by atoms with Crippen LogP contribution in [0, 0.1) is 5.92 Å². The van der Waals surface area contributed by atoms with E-state index in [1.807, 2.05) is 4.90 Å². The number of hydrogen-bond donors (Lipinski definition) is 2. The van der Waals surface area contributed by atoms with Crippen molar-refractivity contribution in [3.8, 4) is 0 Å². The zero-order chi connectivity index (χ0) is 18.6. The van der Waals surface area contributed by atoms with Gasteiger partial charge in [-0.3, -0.25) is 9.79 Å². The van der Waals surface area contributed by atoms with E-state index >= 15 is 0 Å². The van der Waals surface area contributed by atoms with Crippen molar-refractivity contribution in [2.45, 2.75) is 51.0 Å². The van der Waals surface area contributed by atoms with Gasteiger partial charge in [-0.2, -0.15) is 0 Å². The van der Waals surface area contributed by atoms with Crippen LogP contribution in [0.4, 0.5) is 0 Å². The SMILES string of the molecule is CN=C(NCCCCOCCOC)NC1CCN(C(=O)C2CCCC2)C1. The van der Waals surface area contributed by atoms with E-state index in [0.29, 0.717) is 25.2 Å². The van der Waals surface area contributed by atoms with E-state index in [9.17, 15) is 4.79 Å². The fourth-order valence-electron chi connectivity index (χ4n) is 3.68. The van der Waals surface area contributed by atoms with E-state index in [0.717, 1.165) is 64.3 Å². The second-order valence-electron chi connectivity index (χ2n) is 7.21. The molecule has 0 spiro atoms. The molecule has 2 N–H and O–H groups in total. The Morgan fingerprint density at radius 3 is 2.69 bits per heavy atom. The van der Waals surface area contributed by atoms with Crippen LogP contribution in [0.5, 0.6) is 0 Å². The molecule has 0 aromatic carbocycles. The van der Waals surface area contributed by atoms with Crippen molar-refractivity contribution in [2.75, 3.05) is 53.6 Å². The number of carbonyl (C=O) groups excluding carboxylic acids is 1. The Bertz CT molecular complexity index is 439. The van der Waals surface area contributed by atoms with Gasteiger partial charge in [0, 0.05) is 52.4 Å². The lowest BCUT2D eigenvalue weighted by Crippen LogP contribution is -2.45. The summed E-state index contributed by atoms with van der Waals surface area (Å²) in [7, 11) is 3.47. The zero-order valence-corrected chi connectivity index (χ0v) is 16.5. The van der Waals surface area contributed by atoms with Crippen LogP contribution in [-0.4, -0.2) is 76.4 Å². The number of unbranched alkanes of at least 4 members (excludes halogenated alkanes) is 1. The molecular formula is C19H36N4O3. The van der Waals surface area contributed by atoms with E-state index in [2.05, 4.69) is 15.6 Å². The van der Waals surface area contributed by atoms with Crippen molar-refractivity contribution in [3.63, 3.8) is 0 Å². The Morgan fingerprint density at radius 2 is 1.96 bits per heavy atom. The number of likely N-dealkylation sites (tertiary alicyclic amines) is 1. The molecule has 7 nitrogen and oxygen atoms in total. The normalized spacial score (nSPS) is 21.4. The summed E-state index contributed by atoms with van der Waals surface area (Å²) in [6, 6.07) is 0.295. The summed E-state index contributed by atoms with van der Waals surface area (Å²) >= 11 is 0. The maximum absolute atomic E-state index is 12.5. The summed E-state index contributed by atoms with van der Waals surface area (Å²) in [6.07, 6.45) is 7.61. The lowest BCUT2D eigenvalue weighted by Gasteiger charge is -2.21. The van der Waals surface area contributed by atoms with Gasteiger partial charge in [0.15, 0.2) is 5.96 Å². The van der Waals surface area contributed by atoms with Crippen LogP contribution in [0.2, 0.25) is 0 Å². The third kappa shape index (κ3) is 7.11. The second-order valence-corrected chi connectivity index (χ2v) is 7.21. The van der Waals surface area contributed by atoms with Crippen molar-refractivity contribution in [1.29, 1.82) is 0 Å². The predicted molar refractivity (Wildman–Crippen MR) is 103 cm³/mol. The molecule has 1 atom stereocenters. The third-order valence-corrected chi connectivity index (χ3v) is 5.21. The highest BCUT2D eigenvalue weighted by Gasteiger charge is 2.32. The molecule has 0 aromatic heterocycles. The van der Waals surface area contributed by atoms with Crippen molar-refractivity contribution in [1.82, 2.24) is 15.5 Å². The first-order valence-electron chi connectivity index (χ1n) is 10.1. The fraction of sp³-hybridized carbons (Fsp3) is 0.895. The lowest BCUT2D eigenvalue weighted by atomic mass is 10.1. The van der Waals surface area contributed by atoms with Crippen LogP contribution in [-0.2, 0) is 14.3 Å². The van der Waals surface area contributed by atoms with Crippen LogP contribution >= 0.6 is 0 Å².